The summed E-state index contributed by atoms with van der Waals surface area (Å²) in [5.74, 6) is 0.0592. The number of nitrogens with one attached hydrogen (secondary N) is 1. The number of nitrogens with two attached hydrogens (primary N) is 1. The predicted octanol–water partition coefficient (Wildman–Crippen LogP) is 3.68. The molecule has 3 N–H and O–H groups in total. The smallest absolute Gasteiger partial charge is 0.209 e. The lowest BCUT2D eigenvalue weighted by atomic mass is 10.0. The van der Waals surface area contributed by atoms with Crippen LogP contribution in [0.2, 0.25) is 0 Å². The number of nitrogen functional groups attached to an aromatic ring is 1. The molecule has 2 aromatic heterocycles. The van der Waals surface area contributed by atoms with Gasteiger partial charge < -0.3 is 10.7 Å². The first-order chi connectivity index (χ1) is 11.0. The Kier molecular flexibility index (Phi) is 3.98. The molecule has 1 unspecified atom stereocenters. The quantitative estimate of drug-likeness (QED) is 0.722. The summed E-state index contributed by atoms with van der Waals surface area (Å²) in [4.78, 5) is 20.1. The van der Waals surface area contributed by atoms with E-state index in [-0.39, 0.29) is 11.7 Å². The van der Waals surface area contributed by atoms with E-state index in [0.29, 0.717) is 16.9 Å². The van der Waals surface area contributed by atoms with Crippen LogP contribution in [0.25, 0.3) is 0 Å². The highest BCUT2D eigenvalue weighted by atomic mass is 16.1. The van der Waals surface area contributed by atoms with E-state index in [1.807, 2.05) is 62.4 Å². The molecule has 3 aromatic rings. The van der Waals surface area contributed by atoms with Crippen LogP contribution >= 0.6 is 0 Å². The van der Waals surface area contributed by atoms with Crippen LogP contribution in [-0.2, 0) is 0 Å². The molecule has 0 radical (unpaired) electrons. The van der Waals surface area contributed by atoms with E-state index >= 15 is 0 Å². The van der Waals surface area contributed by atoms with Crippen LogP contribution in [0.15, 0.2) is 54.7 Å². The number of pyridine rings is 1. The Balaban J connectivity index is 1.83. The summed E-state index contributed by atoms with van der Waals surface area (Å²) < 4.78 is 0. The van der Waals surface area contributed by atoms with Crippen LogP contribution in [-0.4, -0.2) is 15.8 Å². The number of carbonyl (C=O) groups is 1. The van der Waals surface area contributed by atoms with E-state index in [1.54, 1.807) is 6.20 Å². The van der Waals surface area contributed by atoms with Crippen LogP contribution in [0.1, 0.15) is 45.8 Å². The molecule has 2 heterocycles. The number of nitrogens with zero attached hydrogens (tertiary/aromatic N) is 1. The number of carbonyl (C=O) groups excluding carboxylic acids is 1. The van der Waals surface area contributed by atoms with Gasteiger partial charge in [0, 0.05) is 22.9 Å². The number of hydrogen-bond donors (Lipinski definition) is 2. The molecule has 1 atom stereocenters. The van der Waals surface area contributed by atoms with Gasteiger partial charge in [-0.25, -0.2) is 0 Å². The summed E-state index contributed by atoms with van der Waals surface area (Å²) in [5, 5.41) is 0. The Morgan fingerprint density at radius 1 is 1.09 bits per heavy atom. The van der Waals surface area contributed by atoms with Crippen LogP contribution in [0.4, 0.5) is 5.69 Å². The Labute approximate surface area is 135 Å². The van der Waals surface area contributed by atoms with Gasteiger partial charge in [-0.2, -0.15) is 0 Å². The first-order valence-electron chi connectivity index (χ1n) is 7.56. The predicted molar refractivity (Wildman–Crippen MR) is 91.6 cm³/mol. The zero-order chi connectivity index (χ0) is 16.4. The Morgan fingerprint density at radius 3 is 2.48 bits per heavy atom. The fraction of sp³-hybridized carbons (Fsp3) is 0.158. The number of aromatic amines is 1. The van der Waals surface area contributed by atoms with Gasteiger partial charge in [0.25, 0.3) is 0 Å². The molecule has 4 heteroatoms. The fourth-order valence-electron chi connectivity index (χ4n) is 2.49. The second-order valence-corrected chi connectivity index (χ2v) is 5.76. The normalized spacial score (nSPS) is 12.1. The van der Waals surface area contributed by atoms with Crippen LogP contribution in [0.3, 0.4) is 0 Å². The van der Waals surface area contributed by atoms with Crippen LogP contribution in [0, 0.1) is 6.92 Å². The molecule has 3 rings (SSSR count). The highest BCUT2D eigenvalue weighted by molar-refractivity contribution is 6.07. The molecule has 0 bridgehead atoms. The molecule has 0 amide bonds. The number of aromatic nitrogens is 2. The SMILES string of the molecule is Cc1ccc(C(=O)c2ccc(C(C)c3ccc(N)cn3)[nH]2)cc1. The number of H-pyrrole nitrogens is 1. The molecule has 116 valence electrons. The number of aryl methyl sites for hydroxylation is 1. The average molecular weight is 305 g/mol. The van der Waals surface area contributed by atoms with Gasteiger partial charge in [-0.1, -0.05) is 36.8 Å². The largest absolute Gasteiger partial charge is 0.397 e. The van der Waals surface area contributed by atoms with Crippen molar-refractivity contribution in [3.05, 3.63) is 82.9 Å². The molecule has 4 nitrogen and oxygen atoms in total. The summed E-state index contributed by atoms with van der Waals surface area (Å²) >= 11 is 0. The van der Waals surface area contributed by atoms with Crippen molar-refractivity contribution < 1.29 is 4.79 Å². The minimum atomic E-state index is -0.00582. The van der Waals surface area contributed by atoms with Gasteiger partial charge in [-0.05, 0) is 31.2 Å². The van der Waals surface area contributed by atoms with Gasteiger partial charge >= 0.3 is 0 Å². The Hall–Kier alpha value is -2.88. The van der Waals surface area contributed by atoms with E-state index in [9.17, 15) is 4.79 Å². The van der Waals surface area contributed by atoms with E-state index < -0.39 is 0 Å². The van der Waals surface area contributed by atoms with Crippen LogP contribution in [0.5, 0.6) is 0 Å². The van der Waals surface area contributed by atoms with Crippen molar-refractivity contribution in [1.29, 1.82) is 0 Å². The maximum absolute atomic E-state index is 12.5. The van der Waals surface area contributed by atoms with Crippen molar-refractivity contribution in [3.63, 3.8) is 0 Å². The molecule has 1 aromatic carbocycles. The van der Waals surface area contributed by atoms with Crippen molar-refractivity contribution in [2.75, 3.05) is 5.73 Å². The fourth-order valence-corrected chi connectivity index (χ4v) is 2.49. The molecule has 0 saturated heterocycles. The second-order valence-electron chi connectivity index (χ2n) is 5.76. The van der Waals surface area contributed by atoms with Crippen molar-refractivity contribution in [1.82, 2.24) is 9.97 Å². The summed E-state index contributed by atoms with van der Waals surface area (Å²) in [6.07, 6.45) is 1.65. The number of ketones is 1. The van der Waals surface area contributed by atoms with E-state index in [2.05, 4.69) is 9.97 Å². The third-order valence-corrected chi connectivity index (χ3v) is 3.99. The third-order valence-electron chi connectivity index (χ3n) is 3.99. The molecule has 0 aliphatic carbocycles. The Morgan fingerprint density at radius 2 is 1.83 bits per heavy atom. The zero-order valence-electron chi connectivity index (χ0n) is 13.2. The van der Waals surface area contributed by atoms with Gasteiger partial charge in [0.2, 0.25) is 5.78 Å². The molecule has 0 aliphatic rings. The lowest BCUT2D eigenvalue weighted by molar-refractivity contribution is 0.103. The van der Waals surface area contributed by atoms with Crippen molar-refractivity contribution >= 4 is 11.5 Å². The molecule has 0 saturated carbocycles. The summed E-state index contributed by atoms with van der Waals surface area (Å²) in [6.45, 7) is 4.05. The van der Waals surface area contributed by atoms with E-state index in [4.69, 9.17) is 5.73 Å². The minimum Gasteiger partial charge on any atom is -0.397 e. The zero-order valence-corrected chi connectivity index (χ0v) is 13.2. The average Bonchev–Trinajstić information content (AvgIpc) is 3.05. The van der Waals surface area contributed by atoms with Crippen molar-refractivity contribution in [2.45, 2.75) is 19.8 Å². The molecule has 0 fully saturated rings. The standard InChI is InChI=1S/C19H19N3O/c1-12-3-5-14(6-4-12)19(23)18-10-9-17(22-18)13(2)16-8-7-15(20)11-21-16/h3-11,13,22H,20H2,1-2H3. The summed E-state index contributed by atoms with van der Waals surface area (Å²) in [5.41, 5.74) is 10.6. The van der Waals surface area contributed by atoms with Crippen molar-refractivity contribution in [3.8, 4) is 0 Å². The molecule has 23 heavy (non-hydrogen) atoms. The number of benzene rings is 1. The van der Waals surface area contributed by atoms with Gasteiger partial charge in [0.05, 0.1) is 17.6 Å². The first kappa shape index (κ1) is 15.0. The second kappa shape index (κ2) is 6.08. The monoisotopic (exact) mass is 305 g/mol. The molecule has 0 aliphatic heterocycles. The summed E-state index contributed by atoms with van der Waals surface area (Å²) in [7, 11) is 0. The van der Waals surface area contributed by atoms with Gasteiger partial charge in [-0.15, -0.1) is 0 Å². The van der Waals surface area contributed by atoms with E-state index in [1.165, 1.54) is 0 Å². The number of hydrogen-bond acceptors (Lipinski definition) is 3. The lowest BCUT2D eigenvalue weighted by Gasteiger charge is -2.09. The van der Waals surface area contributed by atoms with E-state index in [0.717, 1.165) is 17.0 Å². The third kappa shape index (κ3) is 3.16. The first-order valence-corrected chi connectivity index (χ1v) is 7.56. The van der Waals surface area contributed by atoms with Gasteiger partial charge in [0.15, 0.2) is 0 Å². The van der Waals surface area contributed by atoms with Crippen LogP contribution < -0.4 is 5.73 Å². The minimum absolute atomic E-state index is 0.00582. The maximum atomic E-state index is 12.5. The van der Waals surface area contributed by atoms with Gasteiger partial charge in [0.1, 0.15) is 0 Å². The van der Waals surface area contributed by atoms with Gasteiger partial charge in [-0.3, -0.25) is 9.78 Å². The number of anilines is 1. The topological polar surface area (TPSA) is 71.8 Å². The Bertz CT molecular complexity index is 817. The highest BCUT2D eigenvalue weighted by Crippen LogP contribution is 2.23. The lowest BCUT2D eigenvalue weighted by Crippen LogP contribution is -2.04. The summed E-state index contributed by atoms with van der Waals surface area (Å²) in [6, 6.07) is 15.1. The molecular weight excluding hydrogens is 286 g/mol. The van der Waals surface area contributed by atoms with Crippen molar-refractivity contribution in [2.24, 2.45) is 0 Å². The molecule has 0 spiro atoms. The number of rotatable bonds is 4. The maximum Gasteiger partial charge on any atom is 0.209 e. The molecular formula is C19H19N3O. The highest BCUT2D eigenvalue weighted by Gasteiger charge is 2.15.